The number of hydrogen-bond acceptors (Lipinski definition) is 3. The quantitative estimate of drug-likeness (QED) is 0.792. The smallest absolute Gasteiger partial charge is 0.229 e. The van der Waals surface area contributed by atoms with Crippen LogP contribution in [0.15, 0.2) is 0 Å². The average Bonchev–Trinajstić information content (AvgIpc) is 2.79. The minimum atomic E-state index is -0.373. The number of hydrogen-bond donors (Lipinski definition) is 1. The molecule has 0 aliphatic carbocycles. The van der Waals surface area contributed by atoms with Crippen LogP contribution in [-0.2, 0) is 4.79 Å². The van der Waals surface area contributed by atoms with Crippen LogP contribution in [0.5, 0.6) is 0 Å². The Morgan fingerprint density at radius 1 is 1.67 bits per heavy atom. The molecule has 1 rings (SSSR count). The Hall–Kier alpha value is -0.220. The molecule has 1 amide bonds. The first kappa shape index (κ1) is 12.8. The summed E-state index contributed by atoms with van der Waals surface area (Å²) in [7, 11) is 1.92. The lowest BCUT2D eigenvalue weighted by Crippen LogP contribution is -2.48. The van der Waals surface area contributed by atoms with E-state index in [-0.39, 0.29) is 11.3 Å². The van der Waals surface area contributed by atoms with Crippen molar-refractivity contribution in [2.45, 2.75) is 32.7 Å². The van der Waals surface area contributed by atoms with Gasteiger partial charge >= 0.3 is 0 Å². The van der Waals surface area contributed by atoms with Crippen molar-refractivity contribution in [1.29, 1.82) is 0 Å². The predicted octanol–water partition coefficient (Wildman–Crippen LogP) is 1.33. The maximum absolute atomic E-state index is 12.3. The van der Waals surface area contributed by atoms with Crippen molar-refractivity contribution in [3.05, 3.63) is 0 Å². The van der Waals surface area contributed by atoms with Gasteiger partial charge in [-0.15, -0.1) is 0 Å². The molecular formula is C11H22N2OS. The van der Waals surface area contributed by atoms with Crippen molar-refractivity contribution in [1.82, 2.24) is 4.90 Å². The summed E-state index contributed by atoms with van der Waals surface area (Å²) >= 11 is 1.93. The van der Waals surface area contributed by atoms with Crippen LogP contribution in [0.3, 0.4) is 0 Å². The van der Waals surface area contributed by atoms with Gasteiger partial charge in [-0.1, -0.05) is 6.92 Å². The fraction of sp³-hybridized carbons (Fsp3) is 0.909. The topological polar surface area (TPSA) is 46.3 Å². The molecule has 88 valence electrons. The summed E-state index contributed by atoms with van der Waals surface area (Å²) in [5.41, 5.74) is 5.33. The van der Waals surface area contributed by atoms with Gasteiger partial charge in [-0.25, -0.2) is 0 Å². The lowest BCUT2D eigenvalue weighted by atomic mass is 9.85. The zero-order chi connectivity index (χ0) is 11.5. The molecule has 0 saturated carbocycles. The van der Waals surface area contributed by atoms with Crippen molar-refractivity contribution in [3.8, 4) is 0 Å². The van der Waals surface area contributed by atoms with Crippen molar-refractivity contribution in [2.24, 2.45) is 11.1 Å². The normalized spacial score (nSPS) is 24.9. The molecule has 15 heavy (non-hydrogen) atoms. The number of amides is 1. The lowest BCUT2D eigenvalue weighted by molar-refractivity contribution is -0.141. The maximum atomic E-state index is 12.3. The zero-order valence-corrected chi connectivity index (χ0v) is 10.8. The van der Waals surface area contributed by atoms with Gasteiger partial charge in [0.25, 0.3) is 0 Å². The summed E-state index contributed by atoms with van der Waals surface area (Å²) in [5, 5.41) is 0. The fourth-order valence-electron chi connectivity index (χ4n) is 1.80. The number of nitrogens with zero attached hydrogens (tertiary/aromatic N) is 1. The first-order valence-electron chi connectivity index (χ1n) is 5.60. The van der Waals surface area contributed by atoms with Gasteiger partial charge in [-0.05, 0) is 25.5 Å². The van der Waals surface area contributed by atoms with E-state index in [0.29, 0.717) is 12.6 Å². The second kappa shape index (κ2) is 5.21. The largest absolute Gasteiger partial charge is 0.341 e. The Morgan fingerprint density at radius 3 is 2.73 bits per heavy atom. The number of carbonyl (C=O) groups is 1. The molecule has 0 aromatic heterocycles. The third-order valence-corrected chi connectivity index (χ3v) is 4.67. The first-order chi connectivity index (χ1) is 7.05. The van der Waals surface area contributed by atoms with Gasteiger partial charge in [0.15, 0.2) is 0 Å². The summed E-state index contributed by atoms with van der Waals surface area (Å²) in [6.07, 6.45) is 1.93. The third-order valence-electron chi connectivity index (χ3n) is 3.52. The molecule has 1 fully saturated rings. The number of rotatable bonds is 4. The minimum absolute atomic E-state index is 0.208. The van der Waals surface area contributed by atoms with E-state index in [1.165, 1.54) is 5.75 Å². The second-order valence-electron chi connectivity index (χ2n) is 4.55. The summed E-state index contributed by atoms with van der Waals surface area (Å²) in [5.74, 6) is 2.46. The molecular weight excluding hydrogens is 208 g/mol. The zero-order valence-electron chi connectivity index (χ0n) is 9.95. The van der Waals surface area contributed by atoms with Gasteiger partial charge in [0, 0.05) is 25.4 Å². The van der Waals surface area contributed by atoms with Gasteiger partial charge in [0.05, 0.1) is 5.41 Å². The van der Waals surface area contributed by atoms with Crippen molar-refractivity contribution in [3.63, 3.8) is 0 Å². The number of nitrogens with two attached hydrogens (primary N) is 1. The lowest BCUT2D eigenvalue weighted by Gasteiger charge is -2.33. The van der Waals surface area contributed by atoms with Gasteiger partial charge in [0.1, 0.15) is 0 Å². The highest BCUT2D eigenvalue weighted by Gasteiger charge is 2.35. The van der Waals surface area contributed by atoms with E-state index in [4.69, 9.17) is 5.73 Å². The molecule has 3 nitrogen and oxygen atoms in total. The minimum Gasteiger partial charge on any atom is -0.341 e. The second-order valence-corrected chi connectivity index (χ2v) is 5.70. The molecule has 1 aliphatic rings. The molecule has 1 saturated heterocycles. The Bertz CT molecular complexity index is 223. The molecule has 2 N–H and O–H groups in total. The molecule has 0 aromatic carbocycles. The number of carbonyl (C=O) groups excluding carboxylic acids is 1. The first-order valence-corrected chi connectivity index (χ1v) is 6.75. The Kier molecular flexibility index (Phi) is 4.46. The van der Waals surface area contributed by atoms with E-state index in [1.807, 2.05) is 37.6 Å². The van der Waals surface area contributed by atoms with Gasteiger partial charge in [0.2, 0.25) is 5.91 Å². The summed E-state index contributed by atoms with van der Waals surface area (Å²) in [6.45, 7) is 4.43. The molecule has 2 unspecified atom stereocenters. The summed E-state index contributed by atoms with van der Waals surface area (Å²) in [6, 6.07) is 0.417. The molecule has 0 bridgehead atoms. The van der Waals surface area contributed by atoms with Crippen LogP contribution in [0.4, 0.5) is 0 Å². The highest BCUT2D eigenvalue weighted by atomic mass is 32.2. The molecule has 0 radical (unpaired) electrons. The molecule has 1 aliphatic heterocycles. The molecule has 1 heterocycles. The predicted molar refractivity (Wildman–Crippen MR) is 66.0 cm³/mol. The van der Waals surface area contributed by atoms with Crippen molar-refractivity contribution < 1.29 is 4.79 Å². The van der Waals surface area contributed by atoms with Crippen LogP contribution in [0.2, 0.25) is 0 Å². The highest BCUT2D eigenvalue weighted by molar-refractivity contribution is 7.99. The van der Waals surface area contributed by atoms with Crippen LogP contribution >= 0.6 is 11.8 Å². The standard InChI is InChI=1S/C11H22N2OS/c1-4-11(2,8-12)10(14)13(3)9-5-6-15-7-9/h9H,4-8,12H2,1-3H3. The van der Waals surface area contributed by atoms with Crippen LogP contribution in [0.25, 0.3) is 0 Å². The van der Waals surface area contributed by atoms with E-state index in [2.05, 4.69) is 0 Å². The summed E-state index contributed by atoms with van der Waals surface area (Å²) in [4.78, 5) is 14.2. The Labute approximate surface area is 96.8 Å². The van der Waals surface area contributed by atoms with Crippen LogP contribution in [0, 0.1) is 5.41 Å². The van der Waals surface area contributed by atoms with E-state index in [1.54, 1.807) is 0 Å². The van der Waals surface area contributed by atoms with Crippen molar-refractivity contribution >= 4 is 17.7 Å². The van der Waals surface area contributed by atoms with E-state index >= 15 is 0 Å². The average molecular weight is 230 g/mol. The van der Waals surface area contributed by atoms with Crippen LogP contribution < -0.4 is 5.73 Å². The van der Waals surface area contributed by atoms with E-state index < -0.39 is 0 Å². The van der Waals surface area contributed by atoms with E-state index in [9.17, 15) is 4.79 Å². The maximum Gasteiger partial charge on any atom is 0.229 e. The van der Waals surface area contributed by atoms with Crippen LogP contribution in [-0.4, -0.2) is 41.9 Å². The molecule has 2 atom stereocenters. The third kappa shape index (κ3) is 2.67. The van der Waals surface area contributed by atoms with Gasteiger partial charge < -0.3 is 10.6 Å². The molecule has 0 aromatic rings. The fourth-order valence-corrected chi connectivity index (χ4v) is 3.07. The SMILES string of the molecule is CCC(C)(CN)C(=O)N(C)C1CCSC1. The highest BCUT2D eigenvalue weighted by Crippen LogP contribution is 2.27. The van der Waals surface area contributed by atoms with Crippen molar-refractivity contribution in [2.75, 3.05) is 25.1 Å². The van der Waals surface area contributed by atoms with E-state index in [0.717, 1.165) is 18.6 Å². The van der Waals surface area contributed by atoms with Gasteiger partial charge in [-0.2, -0.15) is 11.8 Å². The Balaban J connectivity index is 2.65. The molecule has 4 heteroatoms. The number of thioether (sulfide) groups is 1. The Morgan fingerprint density at radius 2 is 2.33 bits per heavy atom. The molecule has 0 spiro atoms. The monoisotopic (exact) mass is 230 g/mol. The summed E-state index contributed by atoms with van der Waals surface area (Å²) < 4.78 is 0. The van der Waals surface area contributed by atoms with Gasteiger partial charge in [-0.3, -0.25) is 4.79 Å². The van der Waals surface area contributed by atoms with Crippen LogP contribution in [0.1, 0.15) is 26.7 Å².